The maximum Gasteiger partial charge on any atom is 0.126 e. The lowest BCUT2D eigenvalue weighted by molar-refractivity contribution is 0.277. The number of aliphatic hydroxyl groups excluding tert-OH is 1. The fourth-order valence-electron chi connectivity index (χ4n) is 1.81. The van der Waals surface area contributed by atoms with Crippen LogP contribution in [0.4, 0.5) is 0 Å². The van der Waals surface area contributed by atoms with Crippen LogP contribution in [0.2, 0.25) is 0 Å². The highest BCUT2D eigenvalue weighted by Gasteiger charge is 2.13. The summed E-state index contributed by atoms with van der Waals surface area (Å²) in [6.45, 7) is 3.07. The van der Waals surface area contributed by atoms with Gasteiger partial charge in [0.25, 0.3) is 0 Å². The zero-order valence-corrected chi connectivity index (χ0v) is 12.6. The van der Waals surface area contributed by atoms with Crippen LogP contribution in [0.5, 0.6) is 5.75 Å². The maximum absolute atomic E-state index is 9.20. The Bertz CT molecular complexity index is 391. The van der Waals surface area contributed by atoms with E-state index >= 15 is 0 Å². The molecule has 1 aromatic rings. The normalized spacial score (nSPS) is 14.5. The molecule has 0 saturated carbocycles. The Morgan fingerprint density at radius 3 is 2.79 bits per heavy atom. The summed E-state index contributed by atoms with van der Waals surface area (Å²) in [5.41, 5.74) is 1.07. The fourth-order valence-corrected chi connectivity index (χ4v) is 2.47. The van der Waals surface area contributed by atoms with Crippen molar-refractivity contribution in [1.82, 2.24) is 5.32 Å². The largest absolute Gasteiger partial charge is 0.496 e. The van der Waals surface area contributed by atoms with E-state index in [1.165, 1.54) is 0 Å². The number of ether oxygens (including phenoxy) is 1. The van der Waals surface area contributed by atoms with E-state index in [-0.39, 0.29) is 17.9 Å². The molecule has 1 rings (SSSR count). The summed E-state index contributed by atoms with van der Waals surface area (Å²) in [4.78, 5) is 0. The number of benzene rings is 1. The molecule has 0 fully saturated rings. The van der Waals surface area contributed by atoms with Gasteiger partial charge in [0.1, 0.15) is 5.75 Å². The van der Waals surface area contributed by atoms with Crippen LogP contribution in [0.3, 0.4) is 0 Å². The molecule has 2 atom stereocenters. The standard InChI is InChI=1S/C15H23NO2S/c1-12(15(11-17)19-3)16-10-6-8-13-7-4-5-9-14(13)18-2/h4-9,12,15-17H,10-11H2,1-3H3/b8-6+. The van der Waals surface area contributed by atoms with E-state index in [0.29, 0.717) is 0 Å². The number of hydrogen-bond donors (Lipinski definition) is 2. The summed E-state index contributed by atoms with van der Waals surface area (Å²) >= 11 is 1.68. The second-order valence-electron chi connectivity index (χ2n) is 4.30. The smallest absolute Gasteiger partial charge is 0.126 e. The van der Waals surface area contributed by atoms with Crippen molar-refractivity contribution in [1.29, 1.82) is 0 Å². The predicted octanol–water partition coefficient (Wildman–Crippen LogP) is 2.41. The van der Waals surface area contributed by atoms with E-state index in [1.807, 2.05) is 36.6 Å². The molecule has 0 aliphatic carbocycles. The number of nitrogens with one attached hydrogen (secondary N) is 1. The van der Waals surface area contributed by atoms with Gasteiger partial charge in [0, 0.05) is 23.4 Å². The molecule has 106 valence electrons. The van der Waals surface area contributed by atoms with Crippen LogP contribution >= 0.6 is 11.8 Å². The Kier molecular flexibility index (Phi) is 7.63. The van der Waals surface area contributed by atoms with Gasteiger partial charge in [-0.2, -0.15) is 11.8 Å². The Hall–Kier alpha value is -0.970. The van der Waals surface area contributed by atoms with Crippen molar-refractivity contribution in [3.8, 4) is 5.75 Å². The molecule has 0 spiro atoms. The van der Waals surface area contributed by atoms with Crippen molar-refractivity contribution >= 4 is 17.8 Å². The monoisotopic (exact) mass is 281 g/mol. The van der Waals surface area contributed by atoms with Crippen molar-refractivity contribution in [2.24, 2.45) is 0 Å². The van der Waals surface area contributed by atoms with Gasteiger partial charge in [-0.25, -0.2) is 0 Å². The van der Waals surface area contributed by atoms with Crippen molar-refractivity contribution in [2.75, 3.05) is 26.5 Å². The van der Waals surface area contributed by atoms with E-state index in [1.54, 1.807) is 18.9 Å². The molecule has 2 unspecified atom stereocenters. The van der Waals surface area contributed by atoms with Crippen LogP contribution in [-0.2, 0) is 0 Å². The van der Waals surface area contributed by atoms with Crippen LogP contribution in [0, 0.1) is 0 Å². The SMILES string of the molecule is COc1ccccc1/C=C/CNC(C)C(CO)SC. The minimum absolute atomic E-state index is 0.200. The molecule has 0 saturated heterocycles. The summed E-state index contributed by atoms with van der Waals surface area (Å²) in [6.07, 6.45) is 6.14. The lowest BCUT2D eigenvalue weighted by atomic mass is 10.2. The fraction of sp³-hybridized carbons (Fsp3) is 0.467. The minimum Gasteiger partial charge on any atom is -0.496 e. The van der Waals surface area contributed by atoms with Crippen molar-refractivity contribution in [3.63, 3.8) is 0 Å². The lowest BCUT2D eigenvalue weighted by Gasteiger charge is -2.20. The molecule has 0 aliphatic rings. The Labute approximate surface area is 120 Å². The average molecular weight is 281 g/mol. The first kappa shape index (κ1) is 16.1. The van der Waals surface area contributed by atoms with Crippen LogP contribution in [0.15, 0.2) is 30.3 Å². The van der Waals surface area contributed by atoms with Gasteiger partial charge in [-0.15, -0.1) is 0 Å². The van der Waals surface area contributed by atoms with Crippen LogP contribution in [0.25, 0.3) is 6.08 Å². The molecule has 4 heteroatoms. The summed E-state index contributed by atoms with van der Waals surface area (Å²) < 4.78 is 5.29. The van der Waals surface area contributed by atoms with E-state index in [9.17, 15) is 5.11 Å². The van der Waals surface area contributed by atoms with Gasteiger partial charge in [0.05, 0.1) is 13.7 Å². The van der Waals surface area contributed by atoms with Crippen molar-refractivity contribution in [3.05, 3.63) is 35.9 Å². The molecular formula is C15H23NO2S. The first-order chi connectivity index (χ1) is 9.22. The molecule has 19 heavy (non-hydrogen) atoms. The maximum atomic E-state index is 9.20. The molecule has 0 aliphatic heterocycles. The molecule has 0 bridgehead atoms. The van der Waals surface area contributed by atoms with E-state index in [2.05, 4.69) is 18.3 Å². The Balaban J connectivity index is 2.46. The van der Waals surface area contributed by atoms with E-state index in [0.717, 1.165) is 17.9 Å². The molecule has 3 nitrogen and oxygen atoms in total. The zero-order valence-electron chi connectivity index (χ0n) is 11.8. The summed E-state index contributed by atoms with van der Waals surface area (Å²) in [5.74, 6) is 0.879. The molecule has 0 heterocycles. The molecule has 1 aromatic carbocycles. The number of para-hydroxylation sites is 1. The number of hydrogen-bond acceptors (Lipinski definition) is 4. The topological polar surface area (TPSA) is 41.5 Å². The van der Waals surface area contributed by atoms with Crippen molar-refractivity contribution in [2.45, 2.75) is 18.2 Å². The summed E-state index contributed by atoms with van der Waals surface area (Å²) in [6, 6.07) is 8.21. The predicted molar refractivity (Wildman–Crippen MR) is 83.9 cm³/mol. The van der Waals surface area contributed by atoms with Crippen LogP contribution in [-0.4, -0.2) is 42.9 Å². The minimum atomic E-state index is 0.200. The zero-order chi connectivity index (χ0) is 14.1. The third kappa shape index (κ3) is 5.27. The summed E-state index contributed by atoms with van der Waals surface area (Å²) in [7, 11) is 1.68. The van der Waals surface area contributed by atoms with Crippen molar-refractivity contribution < 1.29 is 9.84 Å². The first-order valence-electron chi connectivity index (χ1n) is 6.39. The second-order valence-corrected chi connectivity index (χ2v) is 5.37. The van der Waals surface area contributed by atoms with Crippen LogP contribution < -0.4 is 10.1 Å². The number of rotatable bonds is 8. The number of aliphatic hydroxyl groups is 1. The van der Waals surface area contributed by atoms with Gasteiger partial charge in [0.15, 0.2) is 0 Å². The summed E-state index contributed by atoms with van der Waals surface area (Å²) in [5, 5.41) is 12.8. The first-order valence-corrected chi connectivity index (χ1v) is 7.68. The van der Waals surface area contributed by atoms with Gasteiger partial charge in [0.2, 0.25) is 0 Å². The number of thioether (sulfide) groups is 1. The molecule has 0 amide bonds. The van der Waals surface area contributed by atoms with Gasteiger partial charge in [-0.05, 0) is 19.2 Å². The van der Waals surface area contributed by atoms with Gasteiger partial charge in [-0.3, -0.25) is 0 Å². The highest BCUT2D eigenvalue weighted by molar-refractivity contribution is 7.99. The number of methoxy groups -OCH3 is 1. The van der Waals surface area contributed by atoms with E-state index in [4.69, 9.17) is 4.74 Å². The Morgan fingerprint density at radius 2 is 2.16 bits per heavy atom. The third-order valence-corrected chi connectivity index (χ3v) is 4.20. The average Bonchev–Trinajstić information content (AvgIpc) is 2.45. The third-order valence-electron chi connectivity index (χ3n) is 3.03. The molecule has 2 N–H and O–H groups in total. The van der Waals surface area contributed by atoms with Gasteiger partial charge >= 0.3 is 0 Å². The highest BCUT2D eigenvalue weighted by Crippen LogP contribution is 2.18. The highest BCUT2D eigenvalue weighted by atomic mass is 32.2. The molecular weight excluding hydrogens is 258 g/mol. The second kappa shape index (κ2) is 9.02. The van der Waals surface area contributed by atoms with E-state index < -0.39 is 0 Å². The van der Waals surface area contributed by atoms with Crippen LogP contribution in [0.1, 0.15) is 12.5 Å². The van der Waals surface area contributed by atoms with Gasteiger partial charge in [-0.1, -0.05) is 30.4 Å². The Morgan fingerprint density at radius 1 is 1.42 bits per heavy atom. The van der Waals surface area contributed by atoms with Gasteiger partial charge < -0.3 is 15.2 Å². The quantitative estimate of drug-likeness (QED) is 0.768. The molecule has 0 radical (unpaired) electrons. The molecule has 0 aromatic heterocycles. The lowest BCUT2D eigenvalue weighted by Crippen LogP contribution is -2.37.